The van der Waals surface area contributed by atoms with Crippen LogP contribution in [0.1, 0.15) is 18.4 Å². The van der Waals surface area contributed by atoms with Crippen molar-refractivity contribution in [3.05, 3.63) is 39.9 Å². The van der Waals surface area contributed by atoms with Gasteiger partial charge in [-0.25, -0.2) is 0 Å². The predicted molar refractivity (Wildman–Crippen MR) is 74.2 cm³/mol. The maximum absolute atomic E-state index is 10.8. The van der Waals surface area contributed by atoms with Crippen LogP contribution < -0.4 is 0 Å². The highest BCUT2D eigenvalue weighted by atomic mass is 28.3. The van der Waals surface area contributed by atoms with Crippen LogP contribution in [0, 0.1) is 10.1 Å². The smallest absolute Gasteiger partial charge is 0.258 e. The fourth-order valence-electron chi connectivity index (χ4n) is 1.87. The van der Waals surface area contributed by atoms with Crippen molar-refractivity contribution in [3.8, 4) is 0 Å². The van der Waals surface area contributed by atoms with Crippen LogP contribution in [-0.2, 0) is 6.42 Å². The summed E-state index contributed by atoms with van der Waals surface area (Å²) in [6, 6.07) is 8.36. The molecular formula is C13H21NO2Si. The van der Waals surface area contributed by atoms with Gasteiger partial charge in [0.1, 0.15) is 0 Å². The Balaban J connectivity index is 2.49. The van der Waals surface area contributed by atoms with Crippen LogP contribution >= 0.6 is 0 Å². The Bertz CT molecular complexity index is 385. The van der Waals surface area contributed by atoms with Gasteiger partial charge in [0.05, 0.1) is 4.92 Å². The monoisotopic (exact) mass is 251 g/mol. The lowest BCUT2D eigenvalue weighted by Gasteiger charge is -2.14. The Morgan fingerprint density at radius 3 is 2.41 bits per heavy atom. The molecule has 0 aliphatic carbocycles. The number of nitro groups is 1. The van der Waals surface area contributed by atoms with E-state index < -0.39 is 8.07 Å². The molecule has 0 bridgehead atoms. The number of hydrogen-bond acceptors (Lipinski definition) is 2. The van der Waals surface area contributed by atoms with Gasteiger partial charge in [-0.2, -0.15) is 0 Å². The van der Waals surface area contributed by atoms with Crippen molar-refractivity contribution >= 4 is 13.8 Å². The van der Waals surface area contributed by atoms with Gasteiger partial charge >= 0.3 is 0 Å². The van der Waals surface area contributed by atoms with Crippen LogP contribution in [0.25, 0.3) is 0 Å². The third-order valence-corrected chi connectivity index (χ3v) is 4.66. The highest BCUT2D eigenvalue weighted by molar-refractivity contribution is 6.76. The summed E-state index contributed by atoms with van der Waals surface area (Å²) in [6.07, 6.45) is 3.05. The van der Waals surface area contributed by atoms with E-state index in [-0.39, 0.29) is 10.6 Å². The van der Waals surface area contributed by atoms with E-state index in [9.17, 15) is 10.1 Å². The topological polar surface area (TPSA) is 43.1 Å². The summed E-state index contributed by atoms with van der Waals surface area (Å²) in [7, 11) is -0.965. The highest BCUT2D eigenvalue weighted by Gasteiger charge is 2.14. The number of hydrogen-bond donors (Lipinski definition) is 0. The van der Waals surface area contributed by atoms with Crippen LogP contribution in [0.2, 0.25) is 25.7 Å². The molecule has 0 saturated heterocycles. The van der Waals surface area contributed by atoms with E-state index in [1.807, 2.05) is 12.1 Å². The number of unbranched alkanes of at least 4 members (excludes halogenated alkanes) is 1. The molecule has 0 aliphatic heterocycles. The minimum atomic E-state index is -0.965. The first-order valence-corrected chi connectivity index (χ1v) is 9.83. The van der Waals surface area contributed by atoms with E-state index in [0.29, 0.717) is 0 Å². The largest absolute Gasteiger partial charge is 0.272 e. The van der Waals surface area contributed by atoms with E-state index in [1.54, 1.807) is 12.1 Å². The molecule has 4 heteroatoms. The standard InChI is InChI=1S/C13H21NO2Si/c1-17(2,3)11-7-6-9-12-8-4-5-10-13(12)14(15)16/h4-5,8,10H,6-7,9,11H2,1-3H3. The minimum absolute atomic E-state index is 0.264. The molecule has 94 valence electrons. The lowest BCUT2D eigenvalue weighted by Crippen LogP contribution is -2.18. The van der Waals surface area contributed by atoms with Crippen molar-refractivity contribution in [2.45, 2.75) is 44.9 Å². The second kappa shape index (κ2) is 5.96. The summed E-state index contributed by atoms with van der Waals surface area (Å²) in [5, 5.41) is 10.8. The maximum atomic E-state index is 10.8. The SMILES string of the molecule is C[Si](C)(C)CCCCc1ccccc1[N+](=O)[O-]. The zero-order chi connectivity index (χ0) is 12.9. The first-order valence-electron chi connectivity index (χ1n) is 6.12. The van der Waals surface area contributed by atoms with Gasteiger partial charge in [-0.15, -0.1) is 0 Å². The molecule has 0 spiro atoms. The predicted octanol–water partition coefficient (Wildman–Crippen LogP) is 4.26. The summed E-state index contributed by atoms with van der Waals surface area (Å²) in [5.41, 5.74) is 1.13. The third-order valence-electron chi connectivity index (χ3n) is 2.81. The summed E-state index contributed by atoms with van der Waals surface area (Å²) < 4.78 is 0. The van der Waals surface area contributed by atoms with Gasteiger partial charge in [0.2, 0.25) is 0 Å². The van der Waals surface area contributed by atoms with Gasteiger partial charge in [0.25, 0.3) is 5.69 Å². The second-order valence-electron chi connectivity index (χ2n) is 5.65. The van der Waals surface area contributed by atoms with E-state index in [1.165, 1.54) is 12.5 Å². The first kappa shape index (κ1) is 13.9. The van der Waals surface area contributed by atoms with E-state index in [2.05, 4.69) is 19.6 Å². The Morgan fingerprint density at radius 2 is 1.82 bits per heavy atom. The Morgan fingerprint density at radius 1 is 1.18 bits per heavy atom. The van der Waals surface area contributed by atoms with Crippen molar-refractivity contribution in [3.63, 3.8) is 0 Å². The summed E-state index contributed by atoms with van der Waals surface area (Å²) in [6.45, 7) is 7.08. The Kier molecular flexibility index (Phi) is 4.87. The number of aryl methyl sites for hydroxylation is 1. The number of nitro benzene ring substituents is 1. The fourth-order valence-corrected chi connectivity index (χ4v) is 3.18. The summed E-state index contributed by atoms with van der Waals surface area (Å²) >= 11 is 0. The Hall–Kier alpha value is -1.16. The quantitative estimate of drug-likeness (QED) is 0.328. The fraction of sp³-hybridized carbons (Fsp3) is 0.538. The average Bonchev–Trinajstić information content (AvgIpc) is 2.23. The Labute approximate surface area is 104 Å². The lowest BCUT2D eigenvalue weighted by molar-refractivity contribution is -0.385. The molecule has 0 aliphatic rings. The number of benzene rings is 1. The van der Waals surface area contributed by atoms with Gasteiger partial charge in [0, 0.05) is 19.7 Å². The van der Waals surface area contributed by atoms with Crippen LogP contribution in [0.3, 0.4) is 0 Å². The molecule has 1 aromatic carbocycles. The van der Waals surface area contributed by atoms with Crippen LogP contribution in [0.4, 0.5) is 5.69 Å². The molecule has 0 saturated carbocycles. The molecule has 0 fully saturated rings. The average molecular weight is 251 g/mol. The number of rotatable bonds is 6. The van der Waals surface area contributed by atoms with Crippen LogP contribution in [0.5, 0.6) is 0 Å². The van der Waals surface area contributed by atoms with Crippen molar-refractivity contribution in [1.82, 2.24) is 0 Å². The summed E-state index contributed by atoms with van der Waals surface area (Å²) in [5.74, 6) is 0. The molecule has 0 aromatic heterocycles. The minimum Gasteiger partial charge on any atom is -0.258 e. The second-order valence-corrected chi connectivity index (χ2v) is 11.3. The molecule has 0 unspecified atom stereocenters. The van der Waals surface area contributed by atoms with Crippen LogP contribution in [0.15, 0.2) is 24.3 Å². The molecule has 3 nitrogen and oxygen atoms in total. The highest BCUT2D eigenvalue weighted by Crippen LogP contribution is 2.21. The molecule has 0 N–H and O–H groups in total. The molecular weight excluding hydrogens is 230 g/mol. The van der Waals surface area contributed by atoms with Gasteiger partial charge in [-0.1, -0.05) is 50.3 Å². The zero-order valence-corrected chi connectivity index (χ0v) is 11.9. The number of para-hydroxylation sites is 1. The molecule has 17 heavy (non-hydrogen) atoms. The van der Waals surface area contributed by atoms with Gasteiger partial charge in [-0.3, -0.25) is 10.1 Å². The molecule has 1 rings (SSSR count). The normalized spacial score (nSPS) is 11.5. The van der Waals surface area contributed by atoms with Crippen molar-refractivity contribution < 1.29 is 4.92 Å². The van der Waals surface area contributed by atoms with Crippen LogP contribution in [-0.4, -0.2) is 13.0 Å². The van der Waals surface area contributed by atoms with Crippen molar-refractivity contribution in [1.29, 1.82) is 0 Å². The molecule has 0 atom stereocenters. The molecule has 0 radical (unpaired) electrons. The van der Waals surface area contributed by atoms with Gasteiger partial charge in [-0.05, 0) is 12.8 Å². The van der Waals surface area contributed by atoms with Crippen molar-refractivity contribution in [2.24, 2.45) is 0 Å². The molecule has 0 amide bonds. The van der Waals surface area contributed by atoms with E-state index in [0.717, 1.165) is 18.4 Å². The summed E-state index contributed by atoms with van der Waals surface area (Å²) in [4.78, 5) is 10.5. The van der Waals surface area contributed by atoms with E-state index >= 15 is 0 Å². The third kappa shape index (κ3) is 5.13. The first-order chi connectivity index (χ1) is 7.90. The maximum Gasteiger partial charge on any atom is 0.272 e. The lowest BCUT2D eigenvalue weighted by atomic mass is 10.1. The molecule has 0 heterocycles. The van der Waals surface area contributed by atoms with Crippen molar-refractivity contribution in [2.75, 3.05) is 0 Å². The number of nitrogens with zero attached hydrogens (tertiary/aromatic N) is 1. The van der Waals surface area contributed by atoms with E-state index in [4.69, 9.17) is 0 Å². The molecule has 1 aromatic rings. The van der Waals surface area contributed by atoms with Gasteiger partial charge < -0.3 is 0 Å². The zero-order valence-electron chi connectivity index (χ0n) is 10.9. The van der Waals surface area contributed by atoms with Gasteiger partial charge in [0.15, 0.2) is 0 Å².